The number of likely N-dealkylation sites (tertiary alicyclic amines) is 1. The van der Waals surface area contributed by atoms with Gasteiger partial charge in [-0.25, -0.2) is 8.42 Å². The number of amides is 3. The first kappa shape index (κ1) is 17.2. The largest absolute Gasteiger partial charge is 0.338 e. The predicted octanol–water partition coefficient (Wildman–Crippen LogP) is -0.940. The summed E-state index contributed by atoms with van der Waals surface area (Å²) in [5, 5.41) is 0. The van der Waals surface area contributed by atoms with E-state index in [1.54, 1.807) is 21.6 Å². The van der Waals surface area contributed by atoms with Crippen molar-refractivity contribution in [2.24, 2.45) is 5.92 Å². The van der Waals surface area contributed by atoms with Crippen LogP contribution in [0, 0.1) is 5.92 Å². The minimum atomic E-state index is -3.06. The summed E-state index contributed by atoms with van der Waals surface area (Å²) in [6.07, 6.45) is 0.999. The Morgan fingerprint density at radius 3 is 2.54 bits per heavy atom. The zero-order valence-corrected chi connectivity index (χ0v) is 14.6. The maximum Gasteiger partial charge on any atom is 0.229 e. The Morgan fingerprint density at radius 2 is 1.92 bits per heavy atom. The van der Waals surface area contributed by atoms with Gasteiger partial charge in [-0.15, -0.1) is 0 Å². The first-order valence-corrected chi connectivity index (χ1v) is 10.2. The third-order valence-electron chi connectivity index (χ3n) is 5.10. The molecule has 3 saturated heterocycles. The summed E-state index contributed by atoms with van der Waals surface area (Å²) in [4.78, 5) is 41.4. The van der Waals surface area contributed by atoms with E-state index in [0.717, 1.165) is 0 Å². The molecule has 0 aromatic carbocycles. The monoisotopic (exact) mass is 357 g/mol. The lowest BCUT2D eigenvalue weighted by Gasteiger charge is -2.24. The van der Waals surface area contributed by atoms with Gasteiger partial charge in [-0.05, 0) is 6.42 Å². The maximum absolute atomic E-state index is 12.6. The van der Waals surface area contributed by atoms with Crippen molar-refractivity contribution in [3.05, 3.63) is 0 Å². The highest BCUT2D eigenvalue weighted by Gasteiger charge is 2.43. The Morgan fingerprint density at radius 1 is 1.21 bits per heavy atom. The first-order valence-electron chi connectivity index (χ1n) is 8.37. The molecule has 3 amide bonds. The molecule has 0 bridgehead atoms. The quantitative estimate of drug-likeness (QED) is 0.650. The van der Waals surface area contributed by atoms with Crippen LogP contribution in [0.2, 0.25) is 0 Å². The van der Waals surface area contributed by atoms with Crippen LogP contribution in [0.15, 0.2) is 0 Å². The molecule has 9 heteroatoms. The van der Waals surface area contributed by atoms with Crippen LogP contribution >= 0.6 is 0 Å². The number of nitrogens with zero attached hydrogens (tertiary/aromatic N) is 3. The van der Waals surface area contributed by atoms with Crippen LogP contribution in [0.4, 0.5) is 0 Å². The summed E-state index contributed by atoms with van der Waals surface area (Å²) in [6.45, 7) is 3.39. The van der Waals surface area contributed by atoms with Gasteiger partial charge in [-0.1, -0.05) is 6.92 Å². The Kier molecular flexibility index (Phi) is 4.54. The normalized spacial score (nSPS) is 29.5. The second kappa shape index (κ2) is 6.34. The third-order valence-corrected chi connectivity index (χ3v) is 6.86. The molecular weight excluding hydrogens is 334 g/mol. The van der Waals surface area contributed by atoms with E-state index in [1.807, 2.05) is 0 Å². The number of rotatable bonds is 3. The molecule has 2 atom stereocenters. The molecule has 2 unspecified atom stereocenters. The number of sulfone groups is 1. The Balaban J connectivity index is 1.60. The van der Waals surface area contributed by atoms with Crippen LogP contribution in [0.1, 0.15) is 26.2 Å². The fourth-order valence-corrected chi connectivity index (χ4v) is 5.46. The number of carbonyl (C=O) groups is 3. The Hall–Kier alpha value is -1.64. The summed E-state index contributed by atoms with van der Waals surface area (Å²) in [7, 11) is -3.06. The molecule has 0 aliphatic carbocycles. The molecule has 3 heterocycles. The molecule has 3 fully saturated rings. The van der Waals surface area contributed by atoms with Gasteiger partial charge in [0.05, 0.1) is 24.1 Å². The Labute approximate surface area is 141 Å². The SMILES string of the molecule is CCC(=O)N1CCN(C(=O)C2CC(=O)N(C3CCS(=O)(=O)C3)C2)C1. The zero-order valence-electron chi connectivity index (χ0n) is 13.8. The van der Waals surface area contributed by atoms with Crippen molar-refractivity contribution in [3.63, 3.8) is 0 Å². The van der Waals surface area contributed by atoms with Gasteiger partial charge in [0.25, 0.3) is 0 Å². The van der Waals surface area contributed by atoms with Crippen molar-refractivity contribution < 1.29 is 22.8 Å². The molecule has 0 aromatic heterocycles. The van der Waals surface area contributed by atoms with E-state index >= 15 is 0 Å². The van der Waals surface area contributed by atoms with Gasteiger partial charge in [-0.3, -0.25) is 14.4 Å². The highest BCUT2D eigenvalue weighted by molar-refractivity contribution is 7.91. The lowest BCUT2D eigenvalue weighted by atomic mass is 10.1. The fourth-order valence-electron chi connectivity index (χ4n) is 3.73. The summed E-state index contributed by atoms with van der Waals surface area (Å²) < 4.78 is 23.2. The van der Waals surface area contributed by atoms with E-state index in [2.05, 4.69) is 0 Å². The molecular formula is C15H23N3O5S. The molecule has 0 spiro atoms. The van der Waals surface area contributed by atoms with Crippen molar-refractivity contribution in [2.45, 2.75) is 32.2 Å². The van der Waals surface area contributed by atoms with E-state index in [1.165, 1.54) is 0 Å². The van der Waals surface area contributed by atoms with Gasteiger partial charge in [-0.2, -0.15) is 0 Å². The third kappa shape index (κ3) is 3.26. The van der Waals surface area contributed by atoms with Crippen LogP contribution in [0.25, 0.3) is 0 Å². The van der Waals surface area contributed by atoms with Crippen LogP contribution < -0.4 is 0 Å². The van der Waals surface area contributed by atoms with Gasteiger partial charge in [0.2, 0.25) is 17.7 Å². The number of carbonyl (C=O) groups excluding carboxylic acids is 3. The molecule has 0 saturated carbocycles. The molecule has 8 nitrogen and oxygen atoms in total. The van der Waals surface area contributed by atoms with Gasteiger partial charge in [0.15, 0.2) is 9.84 Å². The molecule has 134 valence electrons. The topological polar surface area (TPSA) is 95.1 Å². The molecule has 3 aliphatic rings. The molecule has 3 aliphatic heterocycles. The second-order valence-corrected chi connectivity index (χ2v) is 8.99. The highest BCUT2D eigenvalue weighted by atomic mass is 32.2. The van der Waals surface area contributed by atoms with Crippen molar-refractivity contribution in [2.75, 3.05) is 37.8 Å². The van der Waals surface area contributed by atoms with Gasteiger partial charge < -0.3 is 14.7 Å². The second-order valence-electron chi connectivity index (χ2n) is 6.76. The van der Waals surface area contributed by atoms with Gasteiger partial charge in [0, 0.05) is 38.5 Å². The Bertz CT molecular complexity index is 662. The molecule has 0 radical (unpaired) electrons. The molecule has 0 aromatic rings. The van der Waals surface area contributed by atoms with Crippen LogP contribution in [0.3, 0.4) is 0 Å². The lowest BCUT2D eigenvalue weighted by molar-refractivity contribution is -0.137. The van der Waals surface area contributed by atoms with Crippen LogP contribution in [0.5, 0.6) is 0 Å². The average Bonchev–Trinajstić information content (AvgIpc) is 3.24. The van der Waals surface area contributed by atoms with Crippen LogP contribution in [-0.4, -0.2) is 84.7 Å². The number of hydrogen-bond donors (Lipinski definition) is 0. The van der Waals surface area contributed by atoms with E-state index in [9.17, 15) is 22.8 Å². The van der Waals surface area contributed by atoms with E-state index in [0.29, 0.717) is 25.9 Å². The fraction of sp³-hybridized carbons (Fsp3) is 0.800. The summed E-state index contributed by atoms with van der Waals surface area (Å²) in [5.41, 5.74) is 0. The van der Waals surface area contributed by atoms with Crippen LogP contribution in [-0.2, 0) is 24.2 Å². The maximum atomic E-state index is 12.6. The van der Waals surface area contributed by atoms with Crippen molar-refractivity contribution >= 4 is 27.6 Å². The van der Waals surface area contributed by atoms with E-state index in [4.69, 9.17) is 0 Å². The molecule has 3 rings (SSSR count). The summed E-state index contributed by atoms with van der Waals surface area (Å²) in [6, 6.07) is -0.294. The highest BCUT2D eigenvalue weighted by Crippen LogP contribution is 2.27. The van der Waals surface area contributed by atoms with Crippen molar-refractivity contribution in [1.29, 1.82) is 0 Å². The summed E-state index contributed by atoms with van der Waals surface area (Å²) in [5.74, 6) is -0.556. The van der Waals surface area contributed by atoms with E-state index < -0.39 is 15.8 Å². The smallest absolute Gasteiger partial charge is 0.229 e. The average molecular weight is 357 g/mol. The van der Waals surface area contributed by atoms with Crippen molar-refractivity contribution in [1.82, 2.24) is 14.7 Å². The summed E-state index contributed by atoms with van der Waals surface area (Å²) >= 11 is 0. The minimum Gasteiger partial charge on any atom is -0.338 e. The molecule has 24 heavy (non-hydrogen) atoms. The molecule has 0 N–H and O–H groups in total. The van der Waals surface area contributed by atoms with Crippen molar-refractivity contribution in [3.8, 4) is 0 Å². The predicted molar refractivity (Wildman–Crippen MR) is 85.5 cm³/mol. The van der Waals surface area contributed by atoms with Gasteiger partial charge in [0.1, 0.15) is 0 Å². The number of hydrogen-bond acceptors (Lipinski definition) is 5. The standard InChI is InChI=1S/C15H23N3O5S/c1-2-13(19)16-4-5-17(10-16)15(21)11-7-14(20)18(8-11)12-3-6-24(22,23)9-12/h11-12H,2-10H2,1H3. The van der Waals surface area contributed by atoms with E-state index in [-0.39, 0.29) is 54.9 Å². The van der Waals surface area contributed by atoms with Gasteiger partial charge >= 0.3 is 0 Å². The minimum absolute atomic E-state index is 0.00213. The first-order chi connectivity index (χ1) is 11.3. The lowest BCUT2D eigenvalue weighted by Crippen LogP contribution is -2.40. The zero-order chi connectivity index (χ0) is 17.5.